The molecule has 18 heavy (non-hydrogen) atoms. The van der Waals surface area contributed by atoms with Crippen LogP contribution in [0.25, 0.3) is 21.8 Å². The van der Waals surface area contributed by atoms with Crippen LogP contribution in [0.4, 0.5) is 0 Å². The number of aromatic hydroxyl groups is 1. The first-order valence-electron chi connectivity index (χ1n) is 5.74. The van der Waals surface area contributed by atoms with Crippen molar-refractivity contribution in [1.82, 2.24) is 4.98 Å². The van der Waals surface area contributed by atoms with Gasteiger partial charge in [-0.05, 0) is 30.7 Å². The monoisotopic (exact) mass is 257 g/mol. The summed E-state index contributed by atoms with van der Waals surface area (Å²) in [5.41, 5.74) is 2.76. The maximum Gasteiger partial charge on any atom is 0.121 e. The average molecular weight is 258 g/mol. The molecule has 0 atom stereocenters. The molecule has 0 radical (unpaired) electrons. The Morgan fingerprint density at radius 1 is 1.28 bits per heavy atom. The van der Waals surface area contributed by atoms with E-state index in [-0.39, 0.29) is 5.75 Å². The molecule has 1 aromatic heterocycles. The van der Waals surface area contributed by atoms with Crippen molar-refractivity contribution >= 4 is 33.4 Å². The Bertz CT molecular complexity index is 758. The van der Waals surface area contributed by atoms with E-state index in [1.165, 1.54) is 0 Å². The third kappa shape index (κ3) is 1.50. The molecule has 3 rings (SSSR count). The van der Waals surface area contributed by atoms with Crippen molar-refractivity contribution in [3.05, 3.63) is 53.6 Å². The first-order chi connectivity index (χ1) is 8.72. The highest BCUT2D eigenvalue weighted by molar-refractivity contribution is 6.38. The lowest BCUT2D eigenvalue weighted by Crippen LogP contribution is -1.84. The van der Waals surface area contributed by atoms with Gasteiger partial charge in [0, 0.05) is 21.9 Å². The van der Waals surface area contributed by atoms with Crippen molar-refractivity contribution in [2.75, 3.05) is 0 Å². The van der Waals surface area contributed by atoms with Crippen LogP contribution < -0.4 is 0 Å². The van der Waals surface area contributed by atoms with Gasteiger partial charge in [-0.1, -0.05) is 23.7 Å². The Morgan fingerprint density at radius 2 is 2.11 bits per heavy atom. The number of aromatic amines is 1. The normalized spacial score (nSPS) is 11.2. The topological polar surface area (TPSA) is 36.0 Å². The number of rotatable bonds is 2. The van der Waals surface area contributed by atoms with Gasteiger partial charge in [0.05, 0.1) is 10.5 Å². The second-order valence-corrected chi connectivity index (χ2v) is 4.67. The minimum absolute atomic E-state index is 0.282. The molecule has 0 spiro atoms. The number of phenols is 1. The van der Waals surface area contributed by atoms with Gasteiger partial charge in [-0.2, -0.15) is 0 Å². The lowest BCUT2D eigenvalue weighted by molar-refractivity contribution is 0.471. The fourth-order valence-electron chi connectivity index (χ4n) is 2.38. The number of benzene rings is 2. The summed E-state index contributed by atoms with van der Waals surface area (Å²) in [6, 6.07) is 9.36. The summed E-state index contributed by atoms with van der Waals surface area (Å²) in [7, 11) is 0. The average Bonchev–Trinajstić information content (AvgIpc) is 2.73. The molecule has 3 heteroatoms. The fourth-order valence-corrected chi connectivity index (χ4v) is 2.65. The van der Waals surface area contributed by atoms with E-state index >= 15 is 0 Å². The summed E-state index contributed by atoms with van der Waals surface area (Å²) >= 11 is 6.24. The van der Waals surface area contributed by atoms with Crippen molar-refractivity contribution in [3.8, 4) is 5.75 Å². The molecule has 0 bridgehead atoms. The third-order valence-corrected chi connectivity index (χ3v) is 3.49. The van der Waals surface area contributed by atoms with Crippen LogP contribution >= 0.6 is 11.6 Å². The van der Waals surface area contributed by atoms with Gasteiger partial charge < -0.3 is 10.1 Å². The Kier molecular flexibility index (Phi) is 2.53. The number of hydrogen-bond acceptors (Lipinski definition) is 1. The second-order valence-electron chi connectivity index (χ2n) is 4.27. The molecule has 0 amide bonds. The zero-order valence-corrected chi connectivity index (χ0v) is 10.5. The molecule has 2 aromatic carbocycles. The third-order valence-electron chi connectivity index (χ3n) is 3.18. The van der Waals surface area contributed by atoms with Gasteiger partial charge in [0.15, 0.2) is 0 Å². The van der Waals surface area contributed by atoms with E-state index in [4.69, 9.17) is 11.6 Å². The van der Waals surface area contributed by atoms with E-state index in [2.05, 4.69) is 11.6 Å². The molecule has 2 nitrogen and oxygen atoms in total. The summed E-state index contributed by atoms with van der Waals surface area (Å²) in [5.74, 6) is 0.282. The van der Waals surface area contributed by atoms with Crippen molar-refractivity contribution in [2.45, 2.75) is 6.42 Å². The standard InChI is InChI=1S/C15H12ClNO/c1-2-4-9-13(18)8-7-10-14-11(16)5-3-6-12(14)17-15(9)10/h2-3,5-8,17-18H,1,4H2. The van der Waals surface area contributed by atoms with Crippen molar-refractivity contribution in [3.63, 3.8) is 0 Å². The van der Waals surface area contributed by atoms with E-state index in [1.54, 1.807) is 12.1 Å². The van der Waals surface area contributed by atoms with Crippen LogP contribution in [0.15, 0.2) is 43.0 Å². The molecule has 0 aliphatic rings. The van der Waals surface area contributed by atoms with Gasteiger partial charge in [0.25, 0.3) is 0 Å². The van der Waals surface area contributed by atoms with Crippen LogP contribution in [0.1, 0.15) is 5.56 Å². The Balaban J connectivity index is 2.50. The lowest BCUT2D eigenvalue weighted by Gasteiger charge is -2.03. The van der Waals surface area contributed by atoms with Gasteiger partial charge in [-0.3, -0.25) is 0 Å². The SMILES string of the molecule is C=CCc1c(O)ccc2c1[nH]c1cccc(Cl)c12. The van der Waals surface area contributed by atoms with Crippen molar-refractivity contribution < 1.29 is 5.11 Å². The van der Waals surface area contributed by atoms with E-state index in [0.29, 0.717) is 11.4 Å². The van der Waals surface area contributed by atoms with Crippen molar-refractivity contribution in [1.29, 1.82) is 0 Å². The quantitative estimate of drug-likeness (QED) is 0.656. The number of H-pyrrole nitrogens is 1. The molecule has 2 N–H and O–H groups in total. The molecular formula is C15H12ClNO. The number of halogens is 1. The number of fused-ring (bicyclic) bond motifs is 3. The Labute approximate surface area is 110 Å². The second kappa shape index (κ2) is 4.07. The van der Waals surface area contributed by atoms with Gasteiger partial charge in [0.1, 0.15) is 5.75 Å². The van der Waals surface area contributed by atoms with Crippen LogP contribution in [0.2, 0.25) is 5.02 Å². The molecule has 0 aliphatic carbocycles. The molecule has 0 saturated carbocycles. The fraction of sp³-hybridized carbons (Fsp3) is 0.0667. The summed E-state index contributed by atoms with van der Waals surface area (Å²) in [5, 5.41) is 12.7. The van der Waals surface area contributed by atoms with Crippen LogP contribution in [-0.4, -0.2) is 10.1 Å². The van der Waals surface area contributed by atoms with Gasteiger partial charge in [-0.25, -0.2) is 0 Å². The molecule has 90 valence electrons. The van der Waals surface area contributed by atoms with Crippen LogP contribution in [0, 0.1) is 0 Å². The molecule has 3 aromatic rings. The van der Waals surface area contributed by atoms with Gasteiger partial charge in [-0.15, -0.1) is 6.58 Å². The molecular weight excluding hydrogens is 246 g/mol. The maximum atomic E-state index is 9.93. The highest BCUT2D eigenvalue weighted by atomic mass is 35.5. The Hall–Kier alpha value is -1.93. The molecule has 0 unspecified atom stereocenters. The first-order valence-corrected chi connectivity index (χ1v) is 6.12. The first kappa shape index (κ1) is 11.2. The summed E-state index contributed by atoms with van der Waals surface area (Å²) in [6.07, 6.45) is 2.40. The van der Waals surface area contributed by atoms with Gasteiger partial charge >= 0.3 is 0 Å². The van der Waals surface area contributed by atoms with Crippen LogP contribution in [0.5, 0.6) is 5.75 Å². The zero-order valence-electron chi connectivity index (χ0n) is 9.70. The minimum atomic E-state index is 0.282. The largest absolute Gasteiger partial charge is 0.508 e. The van der Waals surface area contributed by atoms with Crippen LogP contribution in [0.3, 0.4) is 0 Å². The summed E-state index contributed by atoms with van der Waals surface area (Å²) in [4.78, 5) is 3.32. The smallest absolute Gasteiger partial charge is 0.121 e. The van der Waals surface area contributed by atoms with Crippen LogP contribution in [-0.2, 0) is 6.42 Å². The van der Waals surface area contributed by atoms with E-state index < -0.39 is 0 Å². The van der Waals surface area contributed by atoms with Crippen molar-refractivity contribution in [2.24, 2.45) is 0 Å². The molecule has 0 saturated heterocycles. The van der Waals surface area contributed by atoms with E-state index in [9.17, 15) is 5.11 Å². The maximum absolute atomic E-state index is 9.93. The molecule has 0 aliphatic heterocycles. The van der Waals surface area contributed by atoms with E-state index in [1.807, 2.05) is 24.3 Å². The number of aromatic nitrogens is 1. The number of phenolic OH excluding ortho intramolecular Hbond substituents is 1. The van der Waals surface area contributed by atoms with Gasteiger partial charge in [0.2, 0.25) is 0 Å². The number of allylic oxidation sites excluding steroid dienone is 1. The number of hydrogen-bond donors (Lipinski definition) is 2. The number of nitrogens with one attached hydrogen (secondary N) is 1. The predicted octanol–water partition coefficient (Wildman–Crippen LogP) is 4.41. The zero-order chi connectivity index (χ0) is 12.7. The summed E-state index contributed by atoms with van der Waals surface area (Å²) in [6.45, 7) is 3.72. The highest BCUT2D eigenvalue weighted by Crippen LogP contribution is 2.35. The predicted molar refractivity (Wildman–Crippen MR) is 76.4 cm³/mol. The molecule has 0 fully saturated rings. The lowest BCUT2D eigenvalue weighted by atomic mass is 10.1. The Morgan fingerprint density at radius 3 is 2.89 bits per heavy atom. The van der Waals surface area contributed by atoms with E-state index in [0.717, 1.165) is 27.4 Å². The minimum Gasteiger partial charge on any atom is -0.508 e. The summed E-state index contributed by atoms with van der Waals surface area (Å²) < 4.78 is 0. The highest BCUT2D eigenvalue weighted by Gasteiger charge is 2.12. The molecule has 1 heterocycles.